The first kappa shape index (κ1) is 18.6. The first-order valence-corrected chi connectivity index (χ1v) is 9.22. The molecule has 2 heterocycles. The van der Waals surface area contributed by atoms with Gasteiger partial charge in [0, 0.05) is 31.2 Å². The minimum atomic E-state index is -0.687. The van der Waals surface area contributed by atoms with E-state index < -0.39 is 11.9 Å². The molecule has 1 atom stereocenters. The molecule has 0 aliphatic rings. The van der Waals surface area contributed by atoms with Crippen LogP contribution in [0.5, 0.6) is 0 Å². The van der Waals surface area contributed by atoms with Gasteiger partial charge in [-0.05, 0) is 23.8 Å². The lowest BCUT2D eigenvalue weighted by atomic mass is 10.0. The van der Waals surface area contributed by atoms with Gasteiger partial charge in [-0.1, -0.05) is 36.4 Å². The van der Waals surface area contributed by atoms with Gasteiger partial charge in [0.15, 0.2) is 0 Å². The van der Waals surface area contributed by atoms with Crippen LogP contribution in [0.2, 0.25) is 0 Å². The van der Waals surface area contributed by atoms with Gasteiger partial charge in [0.2, 0.25) is 5.91 Å². The number of imidazole rings is 1. The first-order chi connectivity index (χ1) is 14.1. The second kappa shape index (κ2) is 8.10. The Hall–Kier alpha value is -3.74. The van der Waals surface area contributed by atoms with Crippen molar-refractivity contribution in [3.63, 3.8) is 0 Å². The lowest BCUT2D eigenvalue weighted by Gasteiger charge is -2.19. The molecule has 0 spiro atoms. The summed E-state index contributed by atoms with van der Waals surface area (Å²) in [5.41, 5.74) is 2.05. The van der Waals surface area contributed by atoms with E-state index in [2.05, 4.69) is 15.4 Å². The Balaban J connectivity index is 1.54. The summed E-state index contributed by atoms with van der Waals surface area (Å²) in [5, 5.41) is 7.23. The van der Waals surface area contributed by atoms with Gasteiger partial charge in [-0.3, -0.25) is 4.79 Å². The molecular weight excluding hydrogens is 369 g/mol. The molecule has 4 rings (SSSR count). The number of hydrogen-bond acceptors (Lipinski definition) is 3. The molecule has 6 nitrogen and oxygen atoms in total. The third-order valence-electron chi connectivity index (χ3n) is 4.66. The summed E-state index contributed by atoms with van der Waals surface area (Å²) in [6.45, 7) is 0. The zero-order valence-electron chi connectivity index (χ0n) is 15.9. The van der Waals surface area contributed by atoms with Crippen LogP contribution >= 0.6 is 0 Å². The van der Waals surface area contributed by atoms with Gasteiger partial charge >= 0.3 is 0 Å². The summed E-state index contributed by atoms with van der Waals surface area (Å²) in [5.74, 6) is -0.0741. The molecular formula is C22H20FN5O. The van der Waals surface area contributed by atoms with Crippen molar-refractivity contribution >= 4 is 5.91 Å². The summed E-state index contributed by atoms with van der Waals surface area (Å²) in [4.78, 5) is 17.1. The molecule has 0 aliphatic carbocycles. The highest BCUT2D eigenvalue weighted by Gasteiger charge is 2.23. The maximum atomic E-state index is 14.4. The second-order valence-corrected chi connectivity index (χ2v) is 6.72. The van der Waals surface area contributed by atoms with Crippen molar-refractivity contribution in [3.05, 3.63) is 102 Å². The smallest absolute Gasteiger partial charge is 0.225 e. The van der Waals surface area contributed by atoms with Crippen LogP contribution in [0.1, 0.15) is 23.0 Å². The molecule has 29 heavy (non-hydrogen) atoms. The Kier molecular flexibility index (Phi) is 5.20. The van der Waals surface area contributed by atoms with E-state index in [0.717, 1.165) is 11.3 Å². The molecule has 146 valence electrons. The molecule has 7 heteroatoms. The van der Waals surface area contributed by atoms with Gasteiger partial charge in [-0.2, -0.15) is 5.10 Å². The van der Waals surface area contributed by atoms with Crippen LogP contribution in [0.25, 0.3) is 5.69 Å². The van der Waals surface area contributed by atoms with Crippen molar-refractivity contribution in [2.75, 3.05) is 0 Å². The van der Waals surface area contributed by atoms with Crippen LogP contribution in [0.3, 0.4) is 0 Å². The number of para-hydroxylation sites is 1. The predicted octanol–water partition coefficient (Wildman–Crippen LogP) is 3.19. The van der Waals surface area contributed by atoms with Crippen LogP contribution in [0.15, 0.2) is 79.4 Å². The molecule has 0 saturated heterocycles. The standard InChI is InChI=1S/C22H20FN5O/c1-27-12-11-24-22(27)21(18-9-5-6-10-19(18)23)26-20(29)13-16-14-25-28(15-16)17-7-3-2-4-8-17/h2-12,14-15,21H,13H2,1H3,(H,26,29). The monoisotopic (exact) mass is 389 g/mol. The largest absolute Gasteiger partial charge is 0.342 e. The normalized spacial score (nSPS) is 11.9. The lowest BCUT2D eigenvalue weighted by molar-refractivity contribution is -0.121. The number of halogens is 1. The maximum Gasteiger partial charge on any atom is 0.225 e. The van der Waals surface area contributed by atoms with Gasteiger partial charge in [0.25, 0.3) is 0 Å². The summed E-state index contributed by atoms with van der Waals surface area (Å²) in [6.07, 6.45) is 6.99. The van der Waals surface area contributed by atoms with Gasteiger partial charge in [-0.15, -0.1) is 0 Å². The van der Waals surface area contributed by atoms with Crippen LogP contribution in [0, 0.1) is 5.82 Å². The van der Waals surface area contributed by atoms with E-state index in [1.165, 1.54) is 6.07 Å². The van der Waals surface area contributed by atoms with E-state index >= 15 is 0 Å². The van der Waals surface area contributed by atoms with Crippen LogP contribution in [-0.4, -0.2) is 25.2 Å². The number of hydrogen-bond donors (Lipinski definition) is 1. The number of carbonyl (C=O) groups excluding carboxylic acids is 1. The predicted molar refractivity (Wildman–Crippen MR) is 107 cm³/mol. The van der Waals surface area contributed by atoms with E-state index in [0.29, 0.717) is 11.4 Å². The lowest BCUT2D eigenvalue weighted by Crippen LogP contribution is -2.32. The Labute approximate surface area is 167 Å². The Bertz CT molecular complexity index is 1120. The fraction of sp³-hybridized carbons (Fsp3) is 0.136. The average molecular weight is 389 g/mol. The molecule has 2 aromatic heterocycles. The number of benzene rings is 2. The van der Waals surface area contributed by atoms with Crippen molar-refractivity contribution in [2.24, 2.45) is 7.05 Å². The molecule has 0 saturated carbocycles. The summed E-state index contributed by atoms with van der Waals surface area (Å²) in [6, 6.07) is 15.4. The van der Waals surface area contributed by atoms with E-state index in [9.17, 15) is 9.18 Å². The fourth-order valence-electron chi connectivity index (χ4n) is 3.22. The fourth-order valence-corrected chi connectivity index (χ4v) is 3.22. The third kappa shape index (κ3) is 4.08. The number of nitrogens with zero attached hydrogens (tertiary/aromatic N) is 4. The molecule has 4 aromatic rings. The molecule has 0 fully saturated rings. The Morgan fingerprint density at radius 2 is 1.90 bits per heavy atom. The maximum absolute atomic E-state index is 14.4. The molecule has 2 aromatic carbocycles. The van der Waals surface area contributed by atoms with Crippen LogP contribution in [-0.2, 0) is 18.3 Å². The van der Waals surface area contributed by atoms with Crippen LogP contribution in [0.4, 0.5) is 4.39 Å². The Morgan fingerprint density at radius 3 is 2.62 bits per heavy atom. The molecule has 1 amide bonds. The van der Waals surface area contributed by atoms with Gasteiger partial charge < -0.3 is 9.88 Å². The molecule has 1 N–H and O–H groups in total. The first-order valence-electron chi connectivity index (χ1n) is 9.22. The van der Waals surface area contributed by atoms with Crippen molar-refractivity contribution in [1.29, 1.82) is 0 Å². The highest BCUT2D eigenvalue weighted by atomic mass is 19.1. The van der Waals surface area contributed by atoms with Crippen molar-refractivity contribution in [2.45, 2.75) is 12.5 Å². The average Bonchev–Trinajstić information content (AvgIpc) is 3.36. The quantitative estimate of drug-likeness (QED) is 0.551. The second-order valence-electron chi connectivity index (χ2n) is 6.72. The number of nitrogens with one attached hydrogen (secondary N) is 1. The highest BCUT2D eigenvalue weighted by Crippen LogP contribution is 2.23. The number of aromatic nitrogens is 4. The third-order valence-corrected chi connectivity index (χ3v) is 4.66. The SMILES string of the molecule is Cn1ccnc1C(NC(=O)Cc1cnn(-c2ccccc2)c1)c1ccccc1F. The van der Waals surface area contributed by atoms with Crippen LogP contribution < -0.4 is 5.32 Å². The minimum Gasteiger partial charge on any atom is -0.342 e. The topological polar surface area (TPSA) is 64.7 Å². The molecule has 0 aliphatic heterocycles. The number of carbonyl (C=O) groups is 1. The zero-order valence-corrected chi connectivity index (χ0v) is 15.9. The van der Waals surface area contributed by atoms with Crippen molar-refractivity contribution in [1.82, 2.24) is 24.6 Å². The molecule has 0 bridgehead atoms. The number of amides is 1. The molecule has 1 unspecified atom stereocenters. The van der Waals surface area contributed by atoms with Crippen molar-refractivity contribution < 1.29 is 9.18 Å². The Morgan fingerprint density at radius 1 is 1.14 bits per heavy atom. The zero-order chi connectivity index (χ0) is 20.2. The van der Waals surface area contributed by atoms with E-state index in [-0.39, 0.29) is 12.3 Å². The van der Waals surface area contributed by atoms with Gasteiger partial charge in [0.05, 0.1) is 18.3 Å². The molecule has 0 radical (unpaired) electrons. The number of aryl methyl sites for hydroxylation is 1. The van der Waals surface area contributed by atoms with Gasteiger partial charge in [-0.25, -0.2) is 14.1 Å². The van der Waals surface area contributed by atoms with Crippen molar-refractivity contribution in [3.8, 4) is 5.69 Å². The van der Waals surface area contributed by atoms with E-state index in [1.54, 1.807) is 46.0 Å². The minimum absolute atomic E-state index is 0.127. The highest BCUT2D eigenvalue weighted by molar-refractivity contribution is 5.79. The number of rotatable bonds is 6. The van der Waals surface area contributed by atoms with Gasteiger partial charge in [0.1, 0.15) is 17.7 Å². The summed E-state index contributed by atoms with van der Waals surface area (Å²) < 4.78 is 17.9. The van der Waals surface area contributed by atoms with E-state index in [4.69, 9.17) is 0 Å². The summed E-state index contributed by atoms with van der Waals surface area (Å²) >= 11 is 0. The van der Waals surface area contributed by atoms with E-state index in [1.807, 2.05) is 43.6 Å². The summed E-state index contributed by atoms with van der Waals surface area (Å²) in [7, 11) is 1.81.